The number of hydrogen-bond acceptors (Lipinski definition) is 4. The highest BCUT2D eigenvalue weighted by Gasteiger charge is 2.15. The molecular formula is C12H18N2O4S. The molecule has 0 heterocycles. The molecule has 19 heavy (non-hydrogen) atoms. The number of amides is 1. The summed E-state index contributed by atoms with van der Waals surface area (Å²) in [6.45, 7) is 2.40. The zero-order valence-corrected chi connectivity index (χ0v) is 11.6. The normalized spacial score (nSPS) is 11.0. The summed E-state index contributed by atoms with van der Waals surface area (Å²) in [6, 6.07) is 9.13. The standard InChI is InChI=1S/C12H18N2O4S/c1-2-3-9-14-19(16,17)18-12(15)13-10-11-7-5-4-6-8-11/h4-8,14H,2-3,9-10H2,1H3,(H,13,15). The van der Waals surface area contributed by atoms with E-state index >= 15 is 0 Å². The van der Waals surface area contributed by atoms with Gasteiger partial charge in [-0.25, -0.2) is 4.79 Å². The van der Waals surface area contributed by atoms with Crippen LogP contribution in [0.5, 0.6) is 0 Å². The number of hydrogen-bond donors (Lipinski definition) is 2. The van der Waals surface area contributed by atoms with Gasteiger partial charge in [0.15, 0.2) is 0 Å². The van der Waals surface area contributed by atoms with Gasteiger partial charge in [0, 0.05) is 13.1 Å². The molecule has 1 aromatic carbocycles. The highest BCUT2D eigenvalue weighted by molar-refractivity contribution is 7.85. The molecule has 2 N–H and O–H groups in total. The van der Waals surface area contributed by atoms with Crippen molar-refractivity contribution in [3.8, 4) is 0 Å². The molecule has 0 bridgehead atoms. The lowest BCUT2D eigenvalue weighted by atomic mass is 10.2. The maximum atomic E-state index is 11.3. The van der Waals surface area contributed by atoms with Gasteiger partial charge in [-0.2, -0.15) is 13.1 Å². The van der Waals surface area contributed by atoms with Crippen molar-refractivity contribution in [3.63, 3.8) is 0 Å². The molecule has 0 radical (unpaired) electrons. The molecule has 0 atom stereocenters. The highest BCUT2D eigenvalue weighted by Crippen LogP contribution is 1.98. The third-order valence-corrected chi connectivity index (χ3v) is 3.20. The van der Waals surface area contributed by atoms with E-state index in [0.717, 1.165) is 12.0 Å². The first-order valence-electron chi connectivity index (χ1n) is 6.04. The van der Waals surface area contributed by atoms with Gasteiger partial charge >= 0.3 is 16.4 Å². The Hall–Kier alpha value is -1.60. The second-order valence-electron chi connectivity index (χ2n) is 3.91. The summed E-state index contributed by atoms with van der Waals surface area (Å²) in [5.41, 5.74) is 0.857. The molecule has 6 nitrogen and oxygen atoms in total. The van der Waals surface area contributed by atoms with Crippen LogP contribution in [-0.2, 0) is 21.0 Å². The molecule has 106 valence electrons. The van der Waals surface area contributed by atoms with Crippen molar-refractivity contribution in [2.75, 3.05) is 6.54 Å². The van der Waals surface area contributed by atoms with Crippen molar-refractivity contribution >= 4 is 16.4 Å². The summed E-state index contributed by atoms with van der Waals surface area (Å²) in [5, 5.41) is 2.37. The van der Waals surface area contributed by atoms with Crippen LogP contribution in [0.2, 0.25) is 0 Å². The Kier molecular flexibility index (Phi) is 6.31. The Morgan fingerprint density at radius 1 is 1.26 bits per heavy atom. The molecule has 7 heteroatoms. The molecule has 0 fully saturated rings. The van der Waals surface area contributed by atoms with E-state index < -0.39 is 16.4 Å². The monoisotopic (exact) mass is 286 g/mol. The van der Waals surface area contributed by atoms with Crippen LogP contribution in [-0.4, -0.2) is 21.1 Å². The van der Waals surface area contributed by atoms with Crippen molar-refractivity contribution in [2.45, 2.75) is 26.3 Å². The average Bonchev–Trinajstić information content (AvgIpc) is 2.37. The minimum atomic E-state index is -4.02. The second kappa shape index (κ2) is 7.75. The smallest absolute Gasteiger partial charge is 0.316 e. The summed E-state index contributed by atoms with van der Waals surface area (Å²) in [5.74, 6) is 0. The molecular weight excluding hydrogens is 268 g/mol. The minimum absolute atomic E-state index is 0.212. The van der Waals surface area contributed by atoms with Crippen LogP contribution in [0.4, 0.5) is 4.79 Å². The molecule has 0 saturated heterocycles. The molecule has 1 amide bonds. The van der Waals surface area contributed by atoms with Crippen LogP contribution in [0, 0.1) is 0 Å². The first kappa shape index (κ1) is 15.5. The fourth-order valence-corrected chi connectivity index (χ4v) is 2.01. The van der Waals surface area contributed by atoms with Crippen molar-refractivity contribution in [1.82, 2.24) is 10.0 Å². The molecule has 0 aliphatic heterocycles. The number of carbonyl (C=O) groups is 1. The first-order valence-corrected chi connectivity index (χ1v) is 7.45. The maximum absolute atomic E-state index is 11.3. The minimum Gasteiger partial charge on any atom is -0.316 e. The number of unbranched alkanes of at least 4 members (excludes halogenated alkanes) is 1. The van der Waals surface area contributed by atoms with Crippen molar-refractivity contribution < 1.29 is 17.4 Å². The van der Waals surface area contributed by atoms with Crippen molar-refractivity contribution in [1.29, 1.82) is 0 Å². The molecule has 1 rings (SSSR count). The van der Waals surface area contributed by atoms with Gasteiger partial charge in [0.25, 0.3) is 0 Å². The average molecular weight is 286 g/mol. The van der Waals surface area contributed by atoms with Crippen LogP contribution in [0.1, 0.15) is 25.3 Å². The molecule has 0 aliphatic carbocycles. The zero-order valence-electron chi connectivity index (χ0n) is 10.8. The summed E-state index contributed by atoms with van der Waals surface area (Å²) >= 11 is 0. The van der Waals surface area contributed by atoms with Crippen LogP contribution < -0.4 is 10.0 Å². The van der Waals surface area contributed by atoms with E-state index in [1.54, 1.807) is 0 Å². The van der Waals surface area contributed by atoms with Gasteiger partial charge in [-0.3, -0.25) is 0 Å². The predicted molar refractivity (Wildman–Crippen MR) is 71.6 cm³/mol. The molecule has 0 saturated carbocycles. The Balaban J connectivity index is 2.34. The van der Waals surface area contributed by atoms with E-state index in [-0.39, 0.29) is 13.1 Å². The number of benzene rings is 1. The molecule has 1 aromatic rings. The fourth-order valence-electron chi connectivity index (χ4n) is 1.30. The van der Waals surface area contributed by atoms with E-state index in [1.807, 2.05) is 37.3 Å². The van der Waals surface area contributed by atoms with E-state index in [4.69, 9.17) is 0 Å². The summed E-state index contributed by atoms with van der Waals surface area (Å²) in [7, 11) is -4.02. The van der Waals surface area contributed by atoms with Crippen LogP contribution in [0.25, 0.3) is 0 Å². The van der Waals surface area contributed by atoms with E-state index in [9.17, 15) is 13.2 Å². The topological polar surface area (TPSA) is 84.5 Å². The van der Waals surface area contributed by atoms with Gasteiger partial charge < -0.3 is 9.50 Å². The SMILES string of the molecule is CCCCNS(=O)(=O)OC(=O)NCc1ccccc1. The van der Waals surface area contributed by atoms with Crippen LogP contribution in [0.15, 0.2) is 30.3 Å². The fraction of sp³-hybridized carbons (Fsp3) is 0.417. The lowest BCUT2D eigenvalue weighted by Gasteiger charge is -2.07. The van der Waals surface area contributed by atoms with Crippen molar-refractivity contribution in [3.05, 3.63) is 35.9 Å². The van der Waals surface area contributed by atoms with Gasteiger partial charge in [-0.05, 0) is 12.0 Å². The zero-order chi connectivity index (χ0) is 14.1. The summed E-state index contributed by atoms with van der Waals surface area (Å²) in [4.78, 5) is 11.3. The predicted octanol–water partition coefficient (Wildman–Crippen LogP) is 1.55. The van der Waals surface area contributed by atoms with Gasteiger partial charge in [0.2, 0.25) is 0 Å². The highest BCUT2D eigenvalue weighted by atomic mass is 32.2. The Labute approximate surface area is 113 Å². The third kappa shape index (κ3) is 6.78. The maximum Gasteiger partial charge on any atom is 0.423 e. The lowest BCUT2D eigenvalue weighted by Crippen LogP contribution is -2.33. The number of rotatable bonds is 7. The summed E-state index contributed by atoms with van der Waals surface area (Å²) in [6.07, 6.45) is 0.546. The number of carbonyl (C=O) groups excluding carboxylic acids is 1. The Morgan fingerprint density at radius 3 is 2.58 bits per heavy atom. The third-order valence-electron chi connectivity index (χ3n) is 2.27. The largest absolute Gasteiger partial charge is 0.423 e. The van der Waals surface area contributed by atoms with Gasteiger partial charge in [0.1, 0.15) is 0 Å². The molecule has 0 aliphatic rings. The van der Waals surface area contributed by atoms with E-state index in [2.05, 4.69) is 14.2 Å². The Morgan fingerprint density at radius 2 is 1.95 bits per heavy atom. The van der Waals surface area contributed by atoms with Crippen molar-refractivity contribution in [2.24, 2.45) is 0 Å². The van der Waals surface area contributed by atoms with E-state index in [0.29, 0.717) is 6.42 Å². The summed E-state index contributed by atoms with van der Waals surface area (Å²) < 4.78 is 29.2. The van der Waals surface area contributed by atoms with Gasteiger partial charge in [-0.15, -0.1) is 0 Å². The molecule has 0 unspecified atom stereocenters. The van der Waals surface area contributed by atoms with Gasteiger partial charge in [0.05, 0.1) is 0 Å². The van der Waals surface area contributed by atoms with Crippen LogP contribution >= 0.6 is 0 Å². The van der Waals surface area contributed by atoms with Crippen LogP contribution in [0.3, 0.4) is 0 Å². The molecule has 0 spiro atoms. The quantitative estimate of drug-likeness (QED) is 0.745. The second-order valence-corrected chi connectivity index (χ2v) is 5.28. The number of nitrogens with one attached hydrogen (secondary N) is 2. The van der Waals surface area contributed by atoms with E-state index in [1.165, 1.54) is 0 Å². The first-order chi connectivity index (χ1) is 9.03. The Bertz CT molecular complexity index is 488. The van der Waals surface area contributed by atoms with Gasteiger partial charge in [-0.1, -0.05) is 43.7 Å². The molecule has 0 aromatic heterocycles. The lowest BCUT2D eigenvalue weighted by molar-refractivity contribution is 0.201.